The lowest BCUT2D eigenvalue weighted by Gasteiger charge is -2.24. The summed E-state index contributed by atoms with van der Waals surface area (Å²) in [5.41, 5.74) is 1.60. The predicted molar refractivity (Wildman–Crippen MR) is 122 cm³/mol. The minimum atomic E-state index is -0.533. The van der Waals surface area contributed by atoms with Crippen molar-refractivity contribution < 1.29 is 23.5 Å². The van der Waals surface area contributed by atoms with Gasteiger partial charge in [-0.1, -0.05) is 11.6 Å². The number of rotatable bonds is 5. The average Bonchev–Trinajstić information content (AvgIpc) is 3.59. The first kappa shape index (κ1) is 22.5. The quantitative estimate of drug-likeness (QED) is 0.582. The predicted octanol–water partition coefficient (Wildman–Crippen LogP) is 3.59. The number of hydrogen-bond acceptors (Lipinski definition) is 8. The molecular weight excluding hydrogens is 462 g/mol. The van der Waals surface area contributed by atoms with Gasteiger partial charge in [-0.2, -0.15) is 0 Å². The van der Waals surface area contributed by atoms with Gasteiger partial charge in [-0.25, -0.2) is 19.7 Å². The van der Waals surface area contributed by atoms with Crippen LogP contribution in [0.25, 0.3) is 22.7 Å². The van der Waals surface area contributed by atoms with E-state index in [2.05, 4.69) is 20.3 Å². The SMILES string of the molecule is CN(C(=O)Oc1cnc(-c2nc3ccc(Cl)cc3o2)cn1)[C@@H]1CC[C@H](NC(=O)[C@@H]2CCCO2)C1. The molecule has 2 aliphatic rings. The van der Waals surface area contributed by atoms with Crippen molar-refractivity contribution in [1.29, 1.82) is 0 Å². The Kier molecular flexibility index (Phi) is 6.34. The van der Waals surface area contributed by atoms with Gasteiger partial charge in [-0.05, 0) is 44.2 Å². The van der Waals surface area contributed by atoms with Crippen LogP contribution in [0, 0.1) is 0 Å². The fraction of sp³-hybridized carbons (Fsp3) is 0.435. The van der Waals surface area contributed by atoms with E-state index < -0.39 is 6.09 Å². The highest BCUT2D eigenvalue weighted by molar-refractivity contribution is 6.31. The second kappa shape index (κ2) is 9.55. The average molecular weight is 486 g/mol. The molecule has 1 aliphatic carbocycles. The number of aromatic nitrogens is 3. The van der Waals surface area contributed by atoms with E-state index in [1.54, 1.807) is 30.1 Å². The van der Waals surface area contributed by atoms with Crippen LogP contribution in [0.5, 0.6) is 5.88 Å². The Morgan fingerprint density at radius 2 is 2.09 bits per heavy atom. The molecule has 2 fully saturated rings. The summed E-state index contributed by atoms with van der Waals surface area (Å²) in [7, 11) is 1.68. The number of nitrogens with zero attached hydrogens (tertiary/aromatic N) is 4. The molecule has 34 heavy (non-hydrogen) atoms. The van der Waals surface area contributed by atoms with Gasteiger partial charge in [-0.3, -0.25) is 4.79 Å². The van der Waals surface area contributed by atoms with Crippen LogP contribution in [0.2, 0.25) is 5.02 Å². The lowest BCUT2D eigenvalue weighted by molar-refractivity contribution is -0.130. The first-order valence-corrected chi connectivity index (χ1v) is 11.6. The van der Waals surface area contributed by atoms with Crippen molar-refractivity contribution in [2.45, 2.75) is 50.3 Å². The summed E-state index contributed by atoms with van der Waals surface area (Å²) in [4.78, 5) is 39.2. The highest BCUT2D eigenvalue weighted by Gasteiger charge is 2.33. The zero-order chi connectivity index (χ0) is 23.7. The molecule has 5 rings (SSSR count). The molecule has 1 N–H and O–H groups in total. The van der Waals surface area contributed by atoms with E-state index in [-0.39, 0.29) is 30.0 Å². The first-order chi connectivity index (χ1) is 16.5. The lowest BCUT2D eigenvalue weighted by Crippen LogP contribution is -2.42. The summed E-state index contributed by atoms with van der Waals surface area (Å²) < 4.78 is 16.5. The van der Waals surface area contributed by atoms with Crippen LogP contribution in [0.4, 0.5) is 4.79 Å². The van der Waals surface area contributed by atoms with Crippen molar-refractivity contribution in [3.8, 4) is 17.5 Å². The molecule has 2 aromatic heterocycles. The largest absolute Gasteiger partial charge is 0.435 e. The molecule has 1 saturated heterocycles. The number of nitrogens with one attached hydrogen (secondary N) is 1. The number of ether oxygens (including phenoxy) is 2. The van der Waals surface area contributed by atoms with E-state index in [4.69, 9.17) is 25.5 Å². The minimum absolute atomic E-state index is 0.0159. The molecule has 2 amide bonds. The number of fused-ring (bicyclic) bond motifs is 1. The van der Waals surface area contributed by atoms with E-state index in [1.165, 1.54) is 12.4 Å². The summed E-state index contributed by atoms with van der Waals surface area (Å²) in [6.07, 6.45) is 5.80. The number of carbonyl (C=O) groups excluding carboxylic acids is 2. The van der Waals surface area contributed by atoms with Gasteiger partial charge < -0.3 is 24.1 Å². The summed E-state index contributed by atoms with van der Waals surface area (Å²) in [5, 5.41) is 3.59. The van der Waals surface area contributed by atoms with Crippen molar-refractivity contribution in [2.75, 3.05) is 13.7 Å². The molecule has 11 heteroatoms. The number of benzene rings is 1. The minimum Gasteiger partial charge on any atom is -0.435 e. The maximum absolute atomic E-state index is 12.6. The molecule has 0 bridgehead atoms. The normalized spacial score (nSPS) is 22.1. The monoisotopic (exact) mass is 485 g/mol. The summed E-state index contributed by atoms with van der Waals surface area (Å²) in [6, 6.07) is 5.13. The van der Waals surface area contributed by atoms with Crippen molar-refractivity contribution in [2.24, 2.45) is 0 Å². The fourth-order valence-corrected chi connectivity index (χ4v) is 4.48. The second-order valence-electron chi connectivity index (χ2n) is 8.52. The van der Waals surface area contributed by atoms with Crippen molar-refractivity contribution >= 4 is 34.7 Å². The Morgan fingerprint density at radius 1 is 1.21 bits per heavy atom. The van der Waals surface area contributed by atoms with Crippen LogP contribution >= 0.6 is 11.6 Å². The van der Waals surface area contributed by atoms with Gasteiger partial charge in [0.1, 0.15) is 17.3 Å². The molecule has 3 aromatic rings. The molecule has 1 saturated carbocycles. The topological polar surface area (TPSA) is 120 Å². The standard InChI is InChI=1S/C23H24ClN5O5/c1-29(15-6-5-14(10-15)27-21(30)18-3-2-8-32-18)23(31)34-20-12-25-17(11-26-20)22-28-16-7-4-13(24)9-19(16)33-22/h4,7,9,11-12,14-15,18H,2-3,5-6,8,10H2,1H3,(H,27,30)/t14-,15+,18-/m0/s1. The third kappa shape index (κ3) is 4.83. The molecule has 3 heterocycles. The molecule has 10 nitrogen and oxygen atoms in total. The highest BCUT2D eigenvalue weighted by Crippen LogP contribution is 2.27. The summed E-state index contributed by atoms with van der Waals surface area (Å²) >= 11 is 5.98. The van der Waals surface area contributed by atoms with Crippen LogP contribution in [-0.4, -0.2) is 63.7 Å². The summed E-state index contributed by atoms with van der Waals surface area (Å²) in [5.74, 6) is 0.300. The van der Waals surface area contributed by atoms with E-state index in [0.29, 0.717) is 40.7 Å². The Balaban J connectivity index is 1.16. The third-order valence-electron chi connectivity index (χ3n) is 6.20. The Bertz CT molecular complexity index is 1190. The van der Waals surface area contributed by atoms with Crippen molar-refractivity contribution in [1.82, 2.24) is 25.2 Å². The molecule has 178 valence electrons. The van der Waals surface area contributed by atoms with E-state index in [0.717, 1.165) is 25.7 Å². The van der Waals surface area contributed by atoms with E-state index in [9.17, 15) is 9.59 Å². The second-order valence-corrected chi connectivity index (χ2v) is 8.96. The number of hydrogen-bond donors (Lipinski definition) is 1. The number of oxazole rings is 1. The zero-order valence-corrected chi connectivity index (χ0v) is 19.3. The van der Waals surface area contributed by atoms with Crippen LogP contribution in [0.3, 0.4) is 0 Å². The first-order valence-electron chi connectivity index (χ1n) is 11.2. The van der Waals surface area contributed by atoms with Gasteiger partial charge in [0, 0.05) is 36.8 Å². The molecule has 0 unspecified atom stereocenters. The van der Waals surface area contributed by atoms with Crippen LogP contribution < -0.4 is 10.1 Å². The van der Waals surface area contributed by atoms with Gasteiger partial charge in [0.05, 0.1) is 12.4 Å². The van der Waals surface area contributed by atoms with E-state index in [1.807, 2.05) is 0 Å². The number of carbonyl (C=O) groups is 2. The lowest BCUT2D eigenvalue weighted by atomic mass is 10.2. The molecule has 1 aliphatic heterocycles. The Morgan fingerprint density at radius 3 is 2.85 bits per heavy atom. The smallest absolute Gasteiger partial charge is 0.416 e. The van der Waals surface area contributed by atoms with Gasteiger partial charge in [-0.15, -0.1) is 0 Å². The molecular formula is C23H24ClN5O5. The molecule has 0 radical (unpaired) electrons. The maximum atomic E-state index is 12.6. The number of halogens is 1. The molecule has 3 atom stereocenters. The van der Waals surface area contributed by atoms with Gasteiger partial charge in [0.2, 0.25) is 17.7 Å². The highest BCUT2D eigenvalue weighted by atomic mass is 35.5. The fourth-order valence-electron chi connectivity index (χ4n) is 4.32. The van der Waals surface area contributed by atoms with Crippen molar-refractivity contribution in [3.05, 3.63) is 35.6 Å². The van der Waals surface area contributed by atoms with Crippen LogP contribution in [-0.2, 0) is 9.53 Å². The summed E-state index contributed by atoms with van der Waals surface area (Å²) in [6.45, 7) is 0.632. The van der Waals surface area contributed by atoms with Gasteiger partial charge in [0.15, 0.2) is 5.58 Å². The van der Waals surface area contributed by atoms with Gasteiger partial charge in [0.25, 0.3) is 0 Å². The maximum Gasteiger partial charge on any atom is 0.416 e. The van der Waals surface area contributed by atoms with Crippen LogP contribution in [0.15, 0.2) is 35.0 Å². The zero-order valence-electron chi connectivity index (χ0n) is 18.6. The number of amides is 2. The van der Waals surface area contributed by atoms with Crippen molar-refractivity contribution in [3.63, 3.8) is 0 Å². The Hall–Kier alpha value is -3.24. The molecule has 1 aromatic carbocycles. The van der Waals surface area contributed by atoms with Crippen LogP contribution in [0.1, 0.15) is 32.1 Å². The third-order valence-corrected chi connectivity index (χ3v) is 6.43. The molecule has 0 spiro atoms. The van der Waals surface area contributed by atoms with E-state index >= 15 is 0 Å². The Labute approximate surface area is 200 Å². The van der Waals surface area contributed by atoms with Gasteiger partial charge >= 0.3 is 6.09 Å².